The van der Waals surface area contributed by atoms with Crippen molar-refractivity contribution in [1.29, 1.82) is 0 Å². The fraction of sp³-hybridized carbons (Fsp3) is 0.0667. The maximum Gasteiger partial charge on any atom is 0.228 e. The van der Waals surface area contributed by atoms with Crippen LogP contribution >= 0.6 is 11.3 Å². The summed E-state index contributed by atoms with van der Waals surface area (Å²) in [6.45, 7) is 0. The molecule has 2 aromatic heterocycles. The lowest BCUT2D eigenvalue weighted by Gasteiger charge is -2.01. The molecule has 0 saturated heterocycles. The predicted octanol–water partition coefficient (Wildman–Crippen LogP) is 2.76. The zero-order valence-corrected chi connectivity index (χ0v) is 11.7. The van der Waals surface area contributed by atoms with Crippen molar-refractivity contribution in [3.05, 3.63) is 47.7 Å². The van der Waals surface area contributed by atoms with Gasteiger partial charge in [-0.15, -0.1) is 11.3 Å². The molecule has 0 spiro atoms. The zero-order valence-electron chi connectivity index (χ0n) is 10.9. The molecule has 0 aliphatic carbocycles. The van der Waals surface area contributed by atoms with Crippen molar-refractivity contribution in [2.75, 3.05) is 5.32 Å². The molecule has 0 bridgehead atoms. The summed E-state index contributed by atoms with van der Waals surface area (Å²) in [6, 6.07) is 5.92. The molecule has 1 N–H and O–H groups in total. The number of hydrogen-bond acceptors (Lipinski definition) is 5. The van der Waals surface area contributed by atoms with Gasteiger partial charge in [-0.3, -0.25) is 14.8 Å². The Balaban J connectivity index is 1.71. The molecule has 3 heterocycles. The van der Waals surface area contributed by atoms with E-state index in [2.05, 4.69) is 20.3 Å². The highest BCUT2D eigenvalue weighted by Gasteiger charge is 2.18. The van der Waals surface area contributed by atoms with Crippen LogP contribution in [-0.4, -0.2) is 20.9 Å². The minimum absolute atomic E-state index is 0.0423. The molecule has 102 valence electrons. The van der Waals surface area contributed by atoms with E-state index in [4.69, 9.17) is 0 Å². The summed E-state index contributed by atoms with van der Waals surface area (Å²) >= 11 is 1.54. The van der Waals surface area contributed by atoms with Crippen LogP contribution in [0, 0.1) is 0 Å². The van der Waals surface area contributed by atoms with E-state index in [9.17, 15) is 4.79 Å². The Kier molecular flexibility index (Phi) is 2.75. The molecule has 1 aliphatic rings. The molecule has 0 unspecified atom stereocenters. The van der Waals surface area contributed by atoms with Gasteiger partial charge < -0.3 is 5.32 Å². The van der Waals surface area contributed by atoms with Crippen molar-refractivity contribution in [1.82, 2.24) is 15.0 Å². The smallest absolute Gasteiger partial charge is 0.228 e. The minimum atomic E-state index is 0.0423. The Labute approximate surface area is 124 Å². The van der Waals surface area contributed by atoms with Gasteiger partial charge in [-0.1, -0.05) is 6.07 Å². The Bertz CT molecular complexity index is 829. The fourth-order valence-electron chi connectivity index (χ4n) is 2.32. The largest absolute Gasteiger partial charge is 0.326 e. The Hall–Kier alpha value is -2.60. The maximum atomic E-state index is 11.4. The molecule has 4 rings (SSSR count). The van der Waals surface area contributed by atoms with Gasteiger partial charge in [-0.25, -0.2) is 4.98 Å². The number of anilines is 1. The summed E-state index contributed by atoms with van der Waals surface area (Å²) in [7, 11) is 0. The van der Waals surface area contributed by atoms with Gasteiger partial charge in [0.2, 0.25) is 5.91 Å². The summed E-state index contributed by atoms with van der Waals surface area (Å²) in [5.74, 6) is 0.0423. The number of hydrogen-bond donors (Lipinski definition) is 1. The summed E-state index contributed by atoms with van der Waals surface area (Å²) in [6.07, 6.45) is 5.43. The van der Waals surface area contributed by atoms with E-state index in [1.54, 1.807) is 18.6 Å². The highest BCUT2D eigenvalue weighted by atomic mass is 32.1. The van der Waals surface area contributed by atoms with Crippen molar-refractivity contribution in [3.8, 4) is 22.0 Å². The maximum absolute atomic E-state index is 11.4. The van der Waals surface area contributed by atoms with Crippen LogP contribution in [-0.2, 0) is 11.2 Å². The van der Waals surface area contributed by atoms with Crippen molar-refractivity contribution >= 4 is 22.9 Å². The van der Waals surface area contributed by atoms with Gasteiger partial charge in [-0.2, -0.15) is 0 Å². The predicted molar refractivity (Wildman–Crippen MR) is 80.9 cm³/mol. The lowest BCUT2D eigenvalue weighted by Crippen LogP contribution is -2.03. The number of benzene rings is 1. The molecule has 0 fully saturated rings. The van der Waals surface area contributed by atoms with E-state index in [1.165, 1.54) is 11.3 Å². The quantitative estimate of drug-likeness (QED) is 0.789. The third-order valence-electron chi connectivity index (χ3n) is 3.31. The first-order valence-electron chi connectivity index (χ1n) is 6.45. The summed E-state index contributed by atoms with van der Waals surface area (Å²) in [5.41, 5.74) is 4.59. The van der Waals surface area contributed by atoms with E-state index >= 15 is 0 Å². The summed E-state index contributed by atoms with van der Waals surface area (Å²) < 4.78 is 0. The Morgan fingerprint density at radius 3 is 3.00 bits per heavy atom. The van der Waals surface area contributed by atoms with Crippen LogP contribution in [0.5, 0.6) is 0 Å². The van der Waals surface area contributed by atoms with Gasteiger partial charge in [0.15, 0.2) is 0 Å². The lowest BCUT2D eigenvalue weighted by atomic mass is 10.1. The topological polar surface area (TPSA) is 67.8 Å². The van der Waals surface area contributed by atoms with Gasteiger partial charge in [0.05, 0.1) is 18.3 Å². The summed E-state index contributed by atoms with van der Waals surface area (Å²) in [5, 5.41) is 5.67. The van der Waals surface area contributed by atoms with Crippen molar-refractivity contribution in [2.24, 2.45) is 0 Å². The third kappa shape index (κ3) is 2.19. The average molecular weight is 294 g/mol. The molecular formula is C15H10N4OS. The van der Waals surface area contributed by atoms with E-state index in [0.717, 1.165) is 33.2 Å². The lowest BCUT2D eigenvalue weighted by molar-refractivity contribution is -0.115. The SMILES string of the molecule is O=C1Cc2cc(-c3csc(-c4cnccn4)n3)ccc2N1. The number of aromatic nitrogens is 3. The number of thiazole rings is 1. The van der Waals surface area contributed by atoms with Crippen LogP contribution in [0.2, 0.25) is 0 Å². The highest BCUT2D eigenvalue weighted by Crippen LogP contribution is 2.31. The number of amides is 1. The van der Waals surface area contributed by atoms with Crippen molar-refractivity contribution < 1.29 is 4.79 Å². The summed E-state index contributed by atoms with van der Waals surface area (Å²) in [4.78, 5) is 24.3. The van der Waals surface area contributed by atoms with Gasteiger partial charge in [0.25, 0.3) is 0 Å². The Morgan fingerprint density at radius 2 is 2.14 bits per heavy atom. The molecule has 0 saturated carbocycles. The molecule has 1 amide bonds. The number of rotatable bonds is 2. The van der Waals surface area contributed by atoms with Crippen LogP contribution in [0.15, 0.2) is 42.2 Å². The van der Waals surface area contributed by atoms with Crippen LogP contribution in [0.1, 0.15) is 5.56 Å². The van der Waals surface area contributed by atoms with Gasteiger partial charge in [0.1, 0.15) is 10.7 Å². The minimum Gasteiger partial charge on any atom is -0.326 e. The van der Waals surface area contributed by atoms with Crippen LogP contribution in [0.4, 0.5) is 5.69 Å². The van der Waals surface area contributed by atoms with Crippen LogP contribution in [0.3, 0.4) is 0 Å². The number of nitrogens with one attached hydrogen (secondary N) is 1. The number of fused-ring (bicyclic) bond motifs is 1. The second kappa shape index (κ2) is 4.75. The first-order valence-corrected chi connectivity index (χ1v) is 7.32. The molecule has 5 nitrogen and oxygen atoms in total. The molecular weight excluding hydrogens is 284 g/mol. The Morgan fingerprint density at radius 1 is 1.19 bits per heavy atom. The average Bonchev–Trinajstić information content (AvgIpc) is 3.12. The molecule has 3 aromatic rings. The number of nitrogens with zero attached hydrogens (tertiary/aromatic N) is 3. The van der Waals surface area contributed by atoms with E-state index in [1.807, 2.05) is 23.6 Å². The number of carbonyl (C=O) groups is 1. The molecule has 21 heavy (non-hydrogen) atoms. The normalized spacial score (nSPS) is 13.0. The van der Waals surface area contributed by atoms with Crippen LogP contribution in [0.25, 0.3) is 22.0 Å². The first kappa shape index (κ1) is 12.2. The molecule has 1 aromatic carbocycles. The molecule has 0 atom stereocenters. The van der Waals surface area contributed by atoms with Crippen LogP contribution < -0.4 is 5.32 Å². The second-order valence-corrected chi connectivity index (χ2v) is 5.58. The second-order valence-electron chi connectivity index (χ2n) is 4.73. The molecule has 6 heteroatoms. The molecule has 0 radical (unpaired) electrons. The van der Waals surface area contributed by atoms with E-state index in [-0.39, 0.29) is 5.91 Å². The molecule has 1 aliphatic heterocycles. The standard InChI is InChI=1S/C15H10N4OS/c20-14-6-10-5-9(1-2-11(10)18-14)13-8-21-15(19-13)12-7-16-3-4-17-12/h1-5,7-8H,6H2,(H,18,20). The van der Waals surface area contributed by atoms with Gasteiger partial charge in [-0.05, 0) is 17.7 Å². The van der Waals surface area contributed by atoms with Crippen molar-refractivity contribution in [2.45, 2.75) is 6.42 Å². The van der Waals surface area contributed by atoms with Crippen molar-refractivity contribution in [3.63, 3.8) is 0 Å². The van der Waals surface area contributed by atoms with Gasteiger partial charge >= 0.3 is 0 Å². The van der Waals surface area contributed by atoms with Gasteiger partial charge in [0, 0.05) is 29.0 Å². The zero-order chi connectivity index (χ0) is 14.2. The number of carbonyl (C=O) groups excluding carboxylic acids is 1. The first-order chi connectivity index (χ1) is 10.3. The van der Waals surface area contributed by atoms with E-state index < -0.39 is 0 Å². The third-order valence-corrected chi connectivity index (χ3v) is 4.18. The monoisotopic (exact) mass is 294 g/mol. The van der Waals surface area contributed by atoms with E-state index in [0.29, 0.717) is 6.42 Å². The highest BCUT2D eigenvalue weighted by molar-refractivity contribution is 7.13. The fourth-order valence-corrected chi connectivity index (χ4v) is 3.11.